The first kappa shape index (κ1) is 14.0. The SMILES string of the molecule is Cc1ccc(C2=CCC(c3cccc4ccccc34)C=C2)cc1. The number of rotatable bonds is 2. The molecule has 1 unspecified atom stereocenters. The van der Waals surface area contributed by atoms with Crippen molar-refractivity contribution in [2.45, 2.75) is 19.3 Å². The summed E-state index contributed by atoms with van der Waals surface area (Å²) < 4.78 is 0. The minimum Gasteiger partial charge on any atom is -0.0761 e. The van der Waals surface area contributed by atoms with E-state index in [1.807, 2.05) is 0 Å². The summed E-state index contributed by atoms with van der Waals surface area (Å²) in [6.07, 6.45) is 8.07. The Kier molecular flexibility index (Phi) is 3.59. The van der Waals surface area contributed by atoms with E-state index < -0.39 is 0 Å². The predicted molar refractivity (Wildman–Crippen MR) is 99.6 cm³/mol. The van der Waals surface area contributed by atoms with Crippen molar-refractivity contribution in [3.05, 3.63) is 102 Å². The van der Waals surface area contributed by atoms with Gasteiger partial charge in [0.25, 0.3) is 0 Å². The van der Waals surface area contributed by atoms with Gasteiger partial charge in [-0.2, -0.15) is 0 Å². The normalized spacial score (nSPS) is 17.3. The maximum absolute atomic E-state index is 2.37. The van der Waals surface area contributed by atoms with Crippen molar-refractivity contribution in [3.8, 4) is 0 Å². The smallest absolute Gasteiger partial charge is 0.00622 e. The number of allylic oxidation sites excluding steroid dienone is 4. The van der Waals surface area contributed by atoms with Crippen molar-refractivity contribution in [2.75, 3.05) is 0 Å². The summed E-state index contributed by atoms with van der Waals surface area (Å²) in [4.78, 5) is 0. The predicted octanol–water partition coefficient (Wildman–Crippen LogP) is 6.28. The van der Waals surface area contributed by atoms with E-state index in [4.69, 9.17) is 0 Å². The molecule has 0 N–H and O–H groups in total. The van der Waals surface area contributed by atoms with E-state index >= 15 is 0 Å². The fourth-order valence-corrected chi connectivity index (χ4v) is 3.38. The highest BCUT2D eigenvalue weighted by molar-refractivity contribution is 5.87. The molecule has 0 heteroatoms. The molecular weight excluding hydrogens is 276 g/mol. The molecule has 0 heterocycles. The van der Waals surface area contributed by atoms with Crippen LogP contribution >= 0.6 is 0 Å². The van der Waals surface area contributed by atoms with Gasteiger partial charge in [-0.25, -0.2) is 0 Å². The molecule has 0 radical (unpaired) electrons. The van der Waals surface area contributed by atoms with Gasteiger partial charge in [0, 0.05) is 5.92 Å². The Morgan fingerprint density at radius 3 is 2.39 bits per heavy atom. The first-order chi connectivity index (χ1) is 11.3. The van der Waals surface area contributed by atoms with Crippen LogP contribution in [0.5, 0.6) is 0 Å². The van der Waals surface area contributed by atoms with E-state index in [2.05, 4.69) is 91.9 Å². The van der Waals surface area contributed by atoms with Gasteiger partial charge in [0.15, 0.2) is 0 Å². The van der Waals surface area contributed by atoms with Crippen LogP contribution in [0.25, 0.3) is 16.3 Å². The van der Waals surface area contributed by atoms with Gasteiger partial charge in [-0.15, -0.1) is 0 Å². The maximum Gasteiger partial charge on any atom is 0.00622 e. The topological polar surface area (TPSA) is 0 Å². The first-order valence-corrected chi connectivity index (χ1v) is 8.24. The zero-order valence-electron chi connectivity index (χ0n) is 13.4. The van der Waals surface area contributed by atoms with Crippen LogP contribution in [0.4, 0.5) is 0 Å². The number of fused-ring (bicyclic) bond motifs is 1. The molecule has 0 saturated heterocycles. The monoisotopic (exact) mass is 296 g/mol. The molecule has 0 nitrogen and oxygen atoms in total. The molecule has 0 bridgehead atoms. The van der Waals surface area contributed by atoms with Crippen LogP contribution in [0.1, 0.15) is 29.0 Å². The molecule has 1 aliphatic carbocycles. The second-order valence-electron chi connectivity index (χ2n) is 6.30. The third-order valence-electron chi connectivity index (χ3n) is 4.71. The Bertz CT molecular complexity index is 889. The third kappa shape index (κ3) is 2.73. The van der Waals surface area contributed by atoms with Gasteiger partial charge >= 0.3 is 0 Å². The summed E-state index contributed by atoms with van der Waals surface area (Å²) in [7, 11) is 0. The Hall–Kier alpha value is -2.60. The summed E-state index contributed by atoms with van der Waals surface area (Å²) in [5.74, 6) is 0.468. The van der Waals surface area contributed by atoms with Crippen LogP contribution in [0.3, 0.4) is 0 Å². The van der Waals surface area contributed by atoms with Gasteiger partial charge in [-0.05, 0) is 40.8 Å². The van der Waals surface area contributed by atoms with Gasteiger partial charge < -0.3 is 0 Å². The molecule has 112 valence electrons. The fourth-order valence-electron chi connectivity index (χ4n) is 3.38. The number of aryl methyl sites for hydroxylation is 1. The zero-order chi connectivity index (χ0) is 15.6. The average Bonchev–Trinajstić information content (AvgIpc) is 2.62. The molecule has 0 aliphatic heterocycles. The highest BCUT2D eigenvalue weighted by Gasteiger charge is 2.14. The van der Waals surface area contributed by atoms with E-state index in [0.29, 0.717) is 5.92 Å². The van der Waals surface area contributed by atoms with Crippen molar-refractivity contribution >= 4 is 16.3 Å². The number of benzene rings is 3. The fraction of sp³-hybridized carbons (Fsp3) is 0.130. The van der Waals surface area contributed by atoms with Crippen LogP contribution in [-0.2, 0) is 0 Å². The number of hydrogen-bond acceptors (Lipinski definition) is 0. The van der Waals surface area contributed by atoms with Gasteiger partial charge in [-0.3, -0.25) is 0 Å². The molecule has 4 rings (SSSR count). The molecule has 0 saturated carbocycles. The molecular formula is C23H20. The van der Waals surface area contributed by atoms with Gasteiger partial charge in [0.2, 0.25) is 0 Å². The first-order valence-electron chi connectivity index (χ1n) is 8.24. The molecule has 3 aromatic carbocycles. The zero-order valence-corrected chi connectivity index (χ0v) is 13.4. The third-order valence-corrected chi connectivity index (χ3v) is 4.71. The summed E-state index contributed by atoms with van der Waals surface area (Å²) in [6.45, 7) is 2.13. The lowest BCUT2D eigenvalue weighted by Gasteiger charge is -2.19. The summed E-state index contributed by atoms with van der Waals surface area (Å²) >= 11 is 0. The largest absolute Gasteiger partial charge is 0.0761 e. The molecule has 0 aromatic heterocycles. The minimum absolute atomic E-state index is 0.468. The highest BCUT2D eigenvalue weighted by Crippen LogP contribution is 2.34. The Balaban J connectivity index is 1.64. The molecule has 0 amide bonds. The van der Waals surface area contributed by atoms with Crippen molar-refractivity contribution in [2.24, 2.45) is 0 Å². The lowest BCUT2D eigenvalue weighted by atomic mass is 9.86. The summed E-state index contributed by atoms with van der Waals surface area (Å²) in [6, 6.07) is 24.1. The van der Waals surface area contributed by atoms with Crippen LogP contribution in [0, 0.1) is 6.92 Å². The van der Waals surface area contributed by atoms with Crippen molar-refractivity contribution < 1.29 is 0 Å². The minimum atomic E-state index is 0.468. The van der Waals surface area contributed by atoms with Crippen molar-refractivity contribution in [1.82, 2.24) is 0 Å². The quantitative estimate of drug-likeness (QED) is 0.522. The second-order valence-corrected chi connectivity index (χ2v) is 6.30. The van der Waals surface area contributed by atoms with Crippen LogP contribution in [0.2, 0.25) is 0 Å². The molecule has 1 atom stereocenters. The molecule has 0 fully saturated rings. The highest BCUT2D eigenvalue weighted by atomic mass is 14.2. The van der Waals surface area contributed by atoms with Crippen LogP contribution in [0.15, 0.2) is 85.0 Å². The Labute approximate surface area is 137 Å². The van der Waals surface area contributed by atoms with E-state index in [1.165, 1.54) is 33.0 Å². The number of hydrogen-bond donors (Lipinski definition) is 0. The van der Waals surface area contributed by atoms with Crippen LogP contribution < -0.4 is 0 Å². The Morgan fingerprint density at radius 2 is 1.61 bits per heavy atom. The standard InChI is InChI=1S/C23H20/c1-17-9-11-18(12-10-17)19-13-15-21(16-14-19)23-8-4-6-20-5-2-3-7-22(20)23/h2-15,21H,16H2,1H3. The molecule has 0 spiro atoms. The second kappa shape index (κ2) is 5.89. The van der Waals surface area contributed by atoms with Crippen molar-refractivity contribution in [1.29, 1.82) is 0 Å². The van der Waals surface area contributed by atoms with Gasteiger partial charge in [0.1, 0.15) is 0 Å². The molecule has 23 heavy (non-hydrogen) atoms. The van der Waals surface area contributed by atoms with Gasteiger partial charge in [-0.1, -0.05) is 90.5 Å². The van der Waals surface area contributed by atoms with E-state index in [0.717, 1.165) is 6.42 Å². The van der Waals surface area contributed by atoms with E-state index in [-0.39, 0.29) is 0 Å². The Morgan fingerprint density at radius 1 is 0.826 bits per heavy atom. The van der Waals surface area contributed by atoms with Gasteiger partial charge in [0.05, 0.1) is 0 Å². The lowest BCUT2D eigenvalue weighted by molar-refractivity contribution is 0.865. The summed E-state index contributed by atoms with van der Waals surface area (Å²) in [5, 5.41) is 2.70. The molecule has 3 aromatic rings. The summed E-state index contributed by atoms with van der Waals surface area (Å²) in [5.41, 5.74) is 5.38. The van der Waals surface area contributed by atoms with E-state index in [1.54, 1.807) is 0 Å². The van der Waals surface area contributed by atoms with Crippen molar-refractivity contribution in [3.63, 3.8) is 0 Å². The lowest BCUT2D eigenvalue weighted by Crippen LogP contribution is -1.99. The van der Waals surface area contributed by atoms with E-state index in [9.17, 15) is 0 Å². The average molecular weight is 296 g/mol. The molecule has 1 aliphatic rings. The van der Waals surface area contributed by atoms with Crippen LogP contribution in [-0.4, -0.2) is 0 Å². The maximum atomic E-state index is 2.37.